The molecule has 4 nitrogen and oxygen atoms in total. The molecule has 1 heterocycles. The van der Waals surface area contributed by atoms with Gasteiger partial charge in [-0.1, -0.05) is 13.8 Å². The first kappa shape index (κ1) is 13.5. The molecule has 0 aromatic carbocycles. The third-order valence-corrected chi connectivity index (χ3v) is 3.88. The van der Waals surface area contributed by atoms with Gasteiger partial charge in [-0.2, -0.15) is 0 Å². The second-order valence-electron chi connectivity index (χ2n) is 4.85. The Bertz CT molecular complexity index is 425. The lowest BCUT2D eigenvalue weighted by molar-refractivity contribution is 0.0530. The summed E-state index contributed by atoms with van der Waals surface area (Å²) in [6.07, 6.45) is 2.51. The summed E-state index contributed by atoms with van der Waals surface area (Å²) < 4.78 is 5.08. The first-order valence-electron chi connectivity index (χ1n) is 6.52. The summed E-state index contributed by atoms with van der Waals surface area (Å²) in [6, 6.07) is 0.655. The van der Waals surface area contributed by atoms with E-state index < -0.39 is 0 Å². The van der Waals surface area contributed by atoms with E-state index >= 15 is 0 Å². The predicted molar refractivity (Wildman–Crippen MR) is 72.0 cm³/mol. The largest absolute Gasteiger partial charge is 0.462 e. The van der Waals surface area contributed by atoms with Crippen molar-refractivity contribution in [2.45, 2.75) is 52.1 Å². The number of nitrogens with zero attached hydrogens (tertiary/aromatic N) is 1. The zero-order chi connectivity index (χ0) is 13.1. The second kappa shape index (κ2) is 5.80. The van der Waals surface area contributed by atoms with Gasteiger partial charge in [-0.25, -0.2) is 9.78 Å². The molecule has 1 aromatic heterocycles. The molecule has 1 aliphatic carbocycles. The highest BCUT2D eigenvalue weighted by Crippen LogP contribution is 2.27. The van der Waals surface area contributed by atoms with E-state index in [9.17, 15) is 4.79 Å². The number of nitrogens with one attached hydrogen (secondary N) is 1. The molecule has 5 heteroatoms. The molecular weight excluding hydrogens is 248 g/mol. The molecule has 1 saturated carbocycles. The Morgan fingerprint density at radius 2 is 2.28 bits per heavy atom. The van der Waals surface area contributed by atoms with E-state index in [-0.39, 0.29) is 11.9 Å². The van der Waals surface area contributed by atoms with Gasteiger partial charge in [0.25, 0.3) is 0 Å². The van der Waals surface area contributed by atoms with Gasteiger partial charge in [0.15, 0.2) is 0 Å². The molecule has 0 unspecified atom stereocenters. The van der Waals surface area contributed by atoms with Crippen LogP contribution in [0.15, 0.2) is 0 Å². The Morgan fingerprint density at radius 3 is 2.83 bits per heavy atom. The lowest BCUT2D eigenvalue weighted by atomic mass is 10.1. The van der Waals surface area contributed by atoms with Crippen molar-refractivity contribution in [3.8, 4) is 0 Å². The zero-order valence-corrected chi connectivity index (χ0v) is 12.0. The average Bonchev–Trinajstić information content (AvgIpc) is 3.04. The van der Waals surface area contributed by atoms with Crippen molar-refractivity contribution >= 4 is 17.3 Å². The smallest absolute Gasteiger partial charge is 0.350 e. The van der Waals surface area contributed by atoms with Crippen LogP contribution in [-0.4, -0.2) is 23.6 Å². The van der Waals surface area contributed by atoms with E-state index in [4.69, 9.17) is 4.74 Å². The lowest BCUT2D eigenvalue weighted by Gasteiger charge is -2.04. The van der Waals surface area contributed by atoms with Gasteiger partial charge in [0.2, 0.25) is 0 Å². The van der Waals surface area contributed by atoms with Crippen LogP contribution in [0, 0.1) is 0 Å². The van der Waals surface area contributed by atoms with Crippen molar-refractivity contribution in [3.05, 3.63) is 15.6 Å². The molecule has 0 atom stereocenters. The number of esters is 1. The number of carbonyl (C=O) groups excluding carboxylic acids is 1. The Labute approximate surface area is 112 Å². The highest BCUT2D eigenvalue weighted by molar-refractivity contribution is 7.13. The SMILES string of the molecule is CCOC(=O)c1sc(CNC2CC2)nc1C(C)C. The summed E-state index contributed by atoms with van der Waals surface area (Å²) in [7, 11) is 0. The normalized spacial score (nSPS) is 15.1. The van der Waals surface area contributed by atoms with Crippen LogP contribution in [0.5, 0.6) is 0 Å². The average molecular weight is 268 g/mol. The molecule has 0 amide bonds. The zero-order valence-electron chi connectivity index (χ0n) is 11.2. The number of carbonyl (C=O) groups is 1. The first-order chi connectivity index (χ1) is 8.61. The fourth-order valence-corrected chi connectivity index (χ4v) is 2.77. The van der Waals surface area contributed by atoms with Crippen molar-refractivity contribution in [1.29, 1.82) is 0 Å². The summed E-state index contributed by atoms with van der Waals surface area (Å²) in [5.41, 5.74) is 0.867. The van der Waals surface area contributed by atoms with Gasteiger partial charge < -0.3 is 10.1 Å². The van der Waals surface area contributed by atoms with Gasteiger partial charge in [-0.05, 0) is 25.7 Å². The van der Waals surface area contributed by atoms with E-state index in [1.807, 2.05) is 6.92 Å². The summed E-state index contributed by atoms with van der Waals surface area (Å²) in [5.74, 6) is 0.00621. The molecule has 0 spiro atoms. The molecule has 1 N–H and O–H groups in total. The molecule has 0 aliphatic heterocycles. The maximum absolute atomic E-state index is 11.9. The highest BCUT2D eigenvalue weighted by Gasteiger charge is 2.24. The molecule has 1 fully saturated rings. The Hall–Kier alpha value is -0.940. The predicted octanol–water partition coefficient (Wildman–Crippen LogP) is 2.70. The third kappa shape index (κ3) is 3.29. The van der Waals surface area contributed by atoms with Crippen LogP contribution in [0.25, 0.3) is 0 Å². The van der Waals surface area contributed by atoms with Crippen molar-refractivity contribution in [1.82, 2.24) is 10.3 Å². The minimum Gasteiger partial charge on any atom is -0.462 e. The summed E-state index contributed by atoms with van der Waals surface area (Å²) >= 11 is 1.46. The molecule has 18 heavy (non-hydrogen) atoms. The molecule has 0 bridgehead atoms. The number of hydrogen-bond donors (Lipinski definition) is 1. The molecule has 100 valence electrons. The fraction of sp³-hybridized carbons (Fsp3) is 0.692. The van der Waals surface area contributed by atoms with Crippen LogP contribution in [0.4, 0.5) is 0 Å². The van der Waals surface area contributed by atoms with Crippen LogP contribution < -0.4 is 5.32 Å². The van der Waals surface area contributed by atoms with E-state index in [1.54, 1.807) is 0 Å². The fourth-order valence-electron chi connectivity index (χ4n) is 1.71. The topological polar surface area (TPSA) is 51.2 Å². The number of hydrogen-bond acceptors (Lipinski definition) is 5. The van der Waals surface area contributed by atoms with Gasteiger partial charge in [-0.15, -0.1) is 11.3 Å². The lowest BCUT2D eigenvalue weighted by Crippen LogP contribution is -2.15. The monoisotopic (exact) mass is 268 g/mol. The van der Waals surface area contributed by atoms with E-state index in [0.717, 1.165) is 17.2 Å². The first-order valence-corrected chi connectivity index (χ1v) is 7.33. The Kier molecular flexibility index (Phi) is 4.35. The van der Waals surface area contributed by atoms with Gasteiger partial charge >= 0.3 is 5.97 Å². The van der Waals surface area contributed by atoms with Crippen molar-refractivity contribution < 1.29 is 9.53 Å². The summed E-state index contributed by atoms with van der Waals surface area (Å²) in [5, 5.41) is 4.40. The number of aromatic nitrogens is 1. The maximum atomic E-state index is 11.9. The minimum atomic E-state index is -0.239. The minimum absolute atomic E-state index is 0.239. The molecule has 2 rings (SSSR count). The Morgan fingerprint density at radius 1 is 1.56 bits per heavy atom. The summed E-state index contributed by atoms with van der Waals surface area (Å²) in [6.45, 7) is 7.09. The quantitative estimate of drug-likeness (QED) is 0.806. The molecule has 1 aliphatic rings. The van der Waals surface area contributed by atoms with Gasteiger partial charge in [0, 0.05) is 12.6 Å². The Balaban J connectivity index is 2.11. The maximum Gasteiger partial charge on any atom is 0.350 e. The van der Waals surface area contributed by atoms with Crippen LogP contribution in [0.1, 0.15) is 59.9 Å². The standard InChI is InChI=1S/C13H20N2O2S/c1-4-17-13(16)12-11(8(2)3)15-10(18-12)7-14-9-5-6-9/h8-9,14H,4-7H2,1-3H3. The van der Waals surface area contributed by atoms with Crippen molar-refractivity contribution in [3.63, 3.8) is 0 Å². The van der Waals surface area contributed by atoms with E-state index in [2.05, 4.69) is 24.1 Å². The van der Waals surface area contributed by atoms with Crippen LogP contribution >= 0.6 is 11.3 Å². The molecule has 1 aromatic rings. The molecule has 0 radical (unpaired) electrons. The molecule has 0 saturated heterocycles. The van der Waals surface area contributed by atoms with Crippen molar-refractivity contribution in [2.75, 3.05) is 6.61 Å². The number of ether oxygens (including phenoxy) is 1. The second-order valence-corrected chi connectivity index (χ2v) is 5.94. The molecular formula is C13H20N2O2S. The number of thiazole rings is 1. The third-order valence-electron chi connectivity index (χ3n) is 2.82. The van der Waals surface area contributed by atoms with Crippen LogP contribution in [-0.2, 0) is 11.3 Å². The number of rotatable bonds is 6. The van der Waals surface area contributed by atoms with Gasteiger partial charge in [-0.3, -0.25) is 0 Å². The van der Waals surface area contributed by atoms with Crippen molar-refractivity contribution in [2.24, 2.45) is 0 Å². The van der Waals surface area contributed by atoms with Crippen LogP contribution in [0.3, 0.4) is 0 Å². The van der Waals surface area contributed by atoms with E-state index in [1.165, 1.54) is 24.2 Å². The highest BCUT2D eigenvalue weighted by atomic mass is 32.1. The summed E-state index contributed by atoms with van der Waals surface area (Å²) in [4.78, 5) is 17.1. The van der Waals surface area contributed by atoms with E-state index in [0.29, 0.717) is 17.5 Å². The van der Waals surface area contributed by atoms with Gasteiger partial charge in [0.05, 0.1) is 12.3 Å². The van der Waals surface area contributed by atoms with Crippen LogP contribution in [0.2, 0.25) is 0 Å². The van der Waals surface area contributed by atoms with Gasteiger partial charge in [0.1, 0.15) is 9.88 Å².